The van der Waals surface area contributed by atoms with E-state index in [0.29, 0.717) is 11.6 Å². The van der Waals surface area contributed by atoms with Crippen LogP contribution in [0.3, 0.4) is 0 Å². The molecule has 31 heavy (non-hydrogen) atoms. The third kappa shape index (κ3) is 5.19. The monoisotopic (exact) mass is 443 g/mol. The van der Waals surface area contributed by atoms with E-state index < -0.39 is 16.0 Å². The number of hydrogen-bond donors (Lipinski definition) is 2. The third-order valence-corrected chi connectivity index (χ3v) is 7.50. The van der Waals surface area contributed by atoms with Gasteiger partial charge >= 0.3 is 5.97 Å². The molecule has 1 atom stereocenters. The standard InChI is InChI=1S/C23H29N3O4S/c27-23(28)19-10-11-22(21(15-19)24-31(29,30)20-8-2-1-3-9-20)26-14-6-7-18(17-26)16-25-12-4-5-13-25/h1-3,8-11,15,18,24H,4-7,12-14,16-17H2,(H,27,28). The second kappa shape index (κ2) is 9.28. The minimum absolute atomic E-state index is 0.0557. The molecule has 2 aromatic rings. The lowest BCUT2D eigenvalue weighted by atomic mass is 9.96. The molecule has 0 bridgehead atoms. The van der Waals surface area contributed by atoms with E-state index in [1.165, 1.54) is 31.0 Å². The van der Waals surface area contributed by atoms with Crippen molar-refractivity contribution in [3.63, 3.8) is 0 Å². The van der Waals surface area contributed by atoms with Crippen LogP contribution >= 0.6 is 0 Å². The van der Waals surface area contributed by atoms with Crippen molar-refractivity contribution < 1.29 is 18.3 Å². The van der Waals surface area contributed by atoms with Crippen LogP contribution in [0.25, 0.3) is 0 Å². The molecule has 0 radical (unpaired) electrons. The highest BCUT2D eigenvalue weighted by Crippen LogP contribution is 2.33. The van der Waals surface area contributed by atoms with E-state index in [2.05, 4.69) is 14.5 Å². The summed E-state index contributed by atoms with van der Waals surface area (Å²) in [7, 11) is -3.83. The molecule has 166 valence electrons. The summed E-state index contributed by atoms with van der Waals surface area (Å²) in [4.78, 5) is 16.4. The van der Waals surface area contributed by atoms with Crippen molar-refractivity contribution in [2.45, 2.75) is 30.6 Å². The maximum Gasteiger partial charge on any atom is 0.335 e. The molecule has 2 N–H and O–H groups in total. The summed E-state index contributed by atoms with van der Waals surface area (Å²) in [5.74, 6) is -0.568. The lowest BCUT2D eigenvalue weighted by Crippen LogP contribution is -2.40. The normalized spacial score (nSPS) is 20.0. The molecule has 0 spiro atoms. The number of carbonyl (C=O) groups is 1. The smallest absolute Gasteiger partial charge is 0.335 e. The first kappa shape index (κ1) is 21.6. The average Bonchev–Trinajstić information content (AvgIpc) is 3.27. The van der Waals surface area contributed by atoms with Crippen molar-refractivity contribution in [3.05, 3.63) is 54.1 Å². The fourth-order valence-electron chi connectivity index (χ4n) is 4.59. The summed E-state index contributed by atoms with van der Waals surface area (Å²) in [5.41, 5.74) is 1.10. The quantitative estimate of drug-likeness (QED) is 0.681. The highest BCUT2D eigenvalue weighted by molar-refractivity contribution is 7.92. The zero-order chi connectivity index (χ0) is 21.8. The minimum Gasteiger partial charge on any atom is -0.478 e. The summed E-state index contributed by atoms with van der Waals surface area (Å²) in [6, 6.07) is 12.8. The minimum atomic E-state index is -3.83. The topological polar surface area (TPSA) is 89.9 Å². The Morgan fingerprint density at radius 2 is 1.77 bits per heavy atom. The van der Waals surface area contributed by atoms with E-state index >= 15 is 0 Å². The molecule has 1 unspecified atom stereocenters. The fourth-order valence-corrected chi connectivity index (χ4v) is 5.68. The number of benzene rings is 2. The van der Waals surface area contributed by atoms with Crippen molar-refractivity contribution in [2.24, 2.45) is 5.92 Å². The lowest BCUT2D eigenvalue weighted by molar-refractivity contribution is 0.0697. The van der Waals surface area contributed by atoms with E-state index in [1.807, 2.05) is 0 Å². The van der Waals surface area contributed by atoms with Crippen molar-refractivity contribution in [1.29, 1.82) is 0 Å². The molecule has 2 saturated heterocycles. The molecule has 2 aliphatic heterocycles. The Morgan fingerprint density at radius 1 is 1.03 bits per heavy atom. The number of anilines is 2. The molecule has 0 aliphatic carbocycles. The average molecular weight is 444 g/mol. The molecule has 2 aliphatic rings. The van der Waals surface area contributed by atoms with Gasteiger partial charge in [0.2, 0.25) is 0 Å². The Bertz CT molecular complexity index is 1020. The van der Waals surface area contributed by atoms with Crippen LogP contribution < -0.4 is 9.62 Å². The van der Waals surface area contributed by atoms with Gasteiger partial charge in [-0.25, -0.2) is 13.2 Å². The zero-order valence-corrected chi connectivity index (χ0v) is 18.4. The molecule has 0 saturated carbocycles. The lowest BCUT2D eigenvalue weighted by Gasteiger charge is -2.37. The van der Waals surface area contributed by atoms with E-state index in [-0.39, 0.29) is 10.5 Å². The summed E-state index contributed by atoms with van der Waals surface area (Å²) >= 11 is 0. The van der Waals surface area contributed by atoms with E-state index in [4.69, 9.17) is 0 Å². The maximum absolute atomic E-state index is 12.9. The van der Waals surface area contributed by atoms with Gasteiger partial charge in [0.1, 0.15) is 0 Å². The fraction of sp³-hybridized carbons (Fsp3) is 0.435. The number of piperidine rings is 1. The number of carboxylic acid groups (broad SMARTS) is 1. The van der Waals surface area contributed by atoms with E-state index in [1.54, 1.807) is 30.3 Å². The van der Waals surface area contributed by atoms with Gasteiger partial charge in [-0.05, 0) is 75.0 Å². The first-order chi connectivity index (χ1) is 14.9. The van der Waals surface area contributed by atoms with Gasteiger partial charge < -0.3 is 14.9 Å². The number of aromatic carboxylic acids is 1. The SMILES string of the molecule is O=C(O)c1ccc(N2CCCC(CN3CCCC3)C2)c(NS(=O)(=O)c2ccccc2)c1. The van der Waals surface area contributed by atoms with Crippen molar-refractivity contribution in [1.82, 2.24) is 4.90 Å². The largest absolute Gasteiger partial charge is 0.478 e. The highest BCUT2D eigenvalue weighted by atomic mass is 32.2. The van der Waals surface area contributed by atoms with Gasteiger partial charge in [0.25, 0.3) is 10.0 Å². The van der Waals surface area contributed by atoms with Crippen LogP contribution in [0, 0.1) is 5.92 Å². The van der Waals surface area contributed by atoms with Gasteiger partial charge in [0, 0.05) is 19.6 Å². The number of likely N-dealkylation sites (tertiary alicyclic amines) is 1. The van der Waals surface area contributed by atoms with Crippen LogP contribution in [0.5, 0.6) is 0 Å². The maximum atomic E-state index is 12.9. The Morgan fingerprint density at radius 3 is 2.48 bits per heavy atom. The van der Waals surface area contributed by atoms with Gasteiger partial charge in [-0.15, -0.1) is 0 Å². The second-order valence-electron chi connectivity index (χ2n) is 8.42. The number of rotatable bonds is 7. The number of nitrogens with one attached hydrogen (secondary N) is 1. The van der Waals surface area contributed by atoms with Crippen LogP contribution in [-0.2, 0) is 10.0 Å². The number of hydrogen-bond acceptors (Lipinski definition) is 5. The summed E-state index contributed by atoms with van der Waals surface area (Å²) in [5, 5.41) is 9.43. The van der Waals surface area contributed by atoms with Crippen LogP contribution in [0.2, 0.25) is 0 Å². The third-order valence-electron chi connectivity index (χ3n) is 6.12. The Labute approximate surface area is 183 Å². The molecule has 2 heterocycles. The summed E-state index contributed by atoms with van der Waals surface area (Å²) in [6.45, 7) is 5.04. The summed E-state index contributed by atoms with van der Waals surface area (Å²) in [6.07, 6.45) is 4.71. The number of carboxylic acids is 1. The first-order valence-corrected chi connectivity index (χ1v) is 12.3. The summed E-state index contributed by atoms with van der Waals surface area (Å²) < 4.78 is 28.5. The molecular weight excluding hydrogens is 414 g/mol. The van der Waals surface area contributed by atoms with Crippen LogP contribution in [0.15, 0.2) is 53.4 Å². The molecule has 4 rings (SSSR count). The number of nitrogens with zero attached hydrogens (tertiary/aromatic N) is 2. The highest BCUT2D eigenvalue weighted by Gasteiger charge is 2.26. The van der Waals surface area contributed by atoms with Gasteiger partial charge in [-0.2, -0.15) is 0 Å². The zero-order valence-electron chi connectivity index (χ0n) is 17.5. The number of sulfonamides is 1. The Hall–Kier alpha value is -2.58. The molecular formula is C23H29N3O4S. The van der Waals surface area contributed by atoms with Crippen LogP contribution in [0.4, 0.5) is 11.4 Å². The molecule has 0 aromatic heterocycles. The van der Waals surface area contributed by atoms with Gasteiger partial charge in [-0.3, -0.25) is 4.72 Å². The van der Waals surface area contributed by atoms with Crippen molar-refractivity contribution in [3.8, 4) is 0 Å². The van der Waals surface area contributed by atoms with Crippen LogP contribution in [-0.4, -0.2) is 57.1 Å². The molecule has 0 amide bonds. The van der Waals surface area contributed by atoms with E-state index in [0.717, 1.165) is 51.3 Å². The van der Waals surface area contributed by atoms with Gasteiger partial charge in [-0.1, -0.05) is 18.2 Å². The molecule has 2 fully saturated rings. The second-order valence-corrected chi connectivity index (χ2v) is 10.1. The van der Waals surface area contributed by atoms with Crippen molar-refractivity contribution in [2.75, 3.05) is 42.3 Å². The molecule has 2 aromatic carbocycles. The Balaban J connectivity index is 1.60. The van der Waals surface area contributed by atoms with Crippen LogP contribution in [0.1, 0.15) is 36.0 Å². The predicted molar refractivity (Wildman–Crippen MR) is 121 cm³/mol. The van der Waals surface area contributed by atoms with Crippen molar-refractivity contribution >= 4 is 27.4 Å². The van der Waals surface area contributed by atoms with Gasteiger partial charge in [0.15, 0.2) is 0 Å². The first-order valence-electron chi connectivity index (χ1n) is 10.8. The predicted octanol–water partition coefficient (Wildman–Crippen LogP) is 3.50. The van der Waals surface area contributed by atoms with E-state index in [9.17, 15) is 18.3 Å². The van der Waals surface area contributed by atoms with Gasteiger partial charge in [0.05, 0.1) is 21.8 Å². The molecule has 8 heteroatoms. The molecule has 7 nitrogen and oxygen atoms in total. The Kier molecular flexibility index (Phi) is 6.48.